The van der Waals surface area contributed by atoms with Gasteiger partial charge in [-0.3, -0.25) is 5.43 Å². The van der Waals surface area contributed by atoms with Gasteiger partial charge in [0.15, 0.2) is 5.11 Å². The number of pyridine rings is 1. The van der Waals surface area contributed by atoms with Gasteiger partial charge in [0, 0.05) is 25.2 Å². The summed E-state index contributed by atoms with van der Waals surface area (Å²) in [6.07, 6.45) is 1.58. The summed E-state index contributed by atoms with van der Waals surface area (Å²) in [7, 11) is 4.02. The Bertz CT molecular complexity index is 636. The van der Waals surface area contributed by atoms with Crippen molar-refractivity contribution < 1.29 is 0 Å². The predicted molar refractivity (Wildman–Crippen MR) is 83.6 cm³/mol. The van der Waals surface area contributed by atoms with E-state index in [0.29, 0.717) is 0 Å². The van der Waals surface area contributed by atoms with E-state index in [2.05, 4.69) is 38.7 Å². The van der Waals surface area contributed by atoms with E-state index in [-0.39, 0.29) is 5.11 Å². The Morgan fingerprint density at radius 2 is 2.16 bits per heavy atom. The van der Waals surface area contributed by atoms with E-state index < -0.39 is 0 Å². The van der Waals surface area contributed by atoms with Gasteiger partial charge in [0.1, 0.15) is 0 Å². The van der Waals surface area contributed by atoms with Gasteiger partial charge in [0.25, 0.3) is 0 Å². The smallest absolute Gasteiger partial charge is 0.184 e. The highest BCUT2D eigenvalue weighted by Crippen LogP contribution is 2.19. The lowest BCUT2D eigenvalue weighted by molar-refractivity contribution is 1.04. The molecule has 0 atom stereocenters. The summed E-state index contributed by atoms with van der Waals surface area (Å²) >= 11 is 4.65. The Morgan fingerprint density at radius 1 is 1.37 bits per heavy atom. The van der Waals surface area contributed by atoms with Crippen LogP contribution in [0.4, 0.5) is 5.69 Å². The van der Waals surface area contributed by atoms with Crippen molar-refractivity contribution in [3.63, 3.8) is 0 Å². The molecule has 0 saturated carbocycles. The number of benzene rings is 1. The Kier molecular flexibility index (Phi) is 3.91. The summed E-state index contributed by atoms with van der Waals surface area (Å²) in [5.74, 6) is 0. The maximum Gasteiger partial charge on any atom is 0.184 e. The molecule has 19 heavy (non-hydrogen) atoms. The average molecular weight is 273 g/mol. The first-order valence-corrected chi connectivity index (χ1v) is 6.14. The minimum absolute atomic E-state index is 0.132. The number of hydrogen-bond donors (Lipinski definition) is 2. The first kappa shape index (κ1) is 13.2. The summed E-state index contributed by atoms with van der Waals surface area (Å²) < 4.78 is 0. The fraction of sp³-hybridized carbons (Fsp3) is 0.154. The van der Waals surface area contributed by atoms with E-state index in [0.717, 1.165) is 22.3 Å². The molecule has 1 aromatic carbocycles. The molecule has 1 heterocycles. The first-order valence-electron chi connectivity index (χ1n) is 5.73. The molecule has 0 radical (unpaired) electrons. The third-order valence-corrected chi connectivity index (χ3v) is 2.67. The van der Waals surface area contributed by atoms with Crippen molar-refractivity contribution in [2.75, 3.05) is 19.0 Å². The van der Waals surface area contributed by atoms with Crippen LogP contribution in [0, 0.1) is 0 Å². The highest BCUT2D eigenvalue weighted by Gasteiger charge is 2.00. The fourth-order valence-electron chi connectivity index (χ4n) is 1.64. The van der Waals surface area contributed by atoms with E-state index in [9.17, 15) is 0 Å². The lowest BCUT2D eigenvalue weighted by Crippen LogP contribution is -2.24. The quantitative estimate of drug-likeness (QED) is 0.503. The van der Waals surface area contributed by atoms with Crippen molar-refractivity contribution in [3.8, 4) is 0 Å². The SMILES string of the molecule is CN(C)c1ccc2nc(C=NNC(N)=S)ccc2c1. The third-order valence-electron chi connectivity index (χ3n) is 2.58. The Morgan fingerprint density at radius 3 is 2.84 bits per heavy atom. The van der Waals surface area contributed by atoms with Gasteiger partial charge in [-0.1, -0.05) is 6.07 Å². The summed E-state index contributed by atoms with van der Waals surface area (Å²) in [6.45, 7) is 0. The molecule has 0 unspecified atom stereocenters. The molecule has 3 N–H and O–H groups in total. The maximum atomic E-state index is 5.27. The van der Waals surface area contributed by atoms with Crippen molar-refractivity contribution in [2.24, 2.45) is 10.8 Å². The van der Waals surface area contributed by atoms with Crippen molar-refractivity contribution >= 4 is 40.1 Å². The van der Waals surface area contributed by atoms with E-state index in [1.54, 1.807) is 6.21 Å². The topological polar surface area (TPSA) is 66.5 Å². The van der Waals surface area contributed by atoms with Gasteiger partial charge in [-0.2, -0.15) is 5.10 Å². The lowest BCUT2D eigenvalue weighted by atomic mass is 10.2. The number of nitrogens with one attached hydrogen (secondary N) is 1. The third kappa shape index (κ3) is 3.38. The number of anilines is 1. The van der Waals surface area contributed by atoms with Crippen molar-refractivity contribution in [3.05, 3.63) is 36.0 Å². The number of rotatable bonds is 3. The summed E-state index contributed by atoms with van der Waals surface area (Å²) in [4.78, 5) is 6.54. The molecule has 0 aliphatic heterocycles. The van der Waals surface area contributed by atoms with Crippen LogP contribution in [-0.4, -0.2) is 30.4 Å². The van der Waals surface area contributed by atoms with E-state index >= 15 is 0 Å². The van der Waals surface area contributed by atoms with Gasteiger partial charge < -0.3 is 10.6 Å². The van der Waals surface area contributed by atoms with Gasteiger partial charge in [-0.25, -0.2) is 4.98 Å². The zero-order chi connectivity index (χ0) is 13.8. The molecule has 1 aromatic heterocycles. The number of nitrogens with zero attached hydrogens (tertiary/aromatic N) is 3. The number of aromatic nitrogens is 1. The summed E-state index contributed by atoms with van der Waals surface area (Å²) in [5, 5.41) is 5.10. The molecule has 0 spiro atoms. The number of fused-ring (bicyclic) bond motifs is 1. The second-order valence-corrected chi connectivity index (χ2v) is 4.68. The molecule has 0 aliphatic rings. The molecule has 0 bridgehead atoms. The molecule has 2 rings (SSSR count). The minimum atomic E-state index is 0.132. The molecule has 0 amide bonds. The first-order chi connectivity index (χ1) is 9.06. The average Bonchev–Trinajstić information content (AvgIpc) is 2.37. The molecule has 5 nitrogen and oxygen atoms in total. The van der Waals surface area contributed by atoms with Crippen LogP contribution in [0.1, 0.15) is 5.69 Å². The van der Waals surface area contributed by atoms with Crippen LogP contribution in [0.3, 0.4) is 0 Å². The monoisotopic (exact) mass is 273 g/mol. The van der Waals surface area contributed by atoms with Gasteiger partial charge in [0.05, 0.1) is 17.4 Å². The van der Waals surface area contributed by atoms with Gasteiger partial charge in [0.2, 0.25) is 0 Å². The van der Waals surface area contributed by atoms with Gasteiger partial charge in [-0.05, 0) is 36.5 Å². The zero-order valence-corrected chi connectivity index (χ0v) is 11.6. The molecule has 6 heteroatoms. The van der Waals surface area contributed by atoms with Gasteiger partial charge >= 0.3 is 0 Å². The van der Waals surface area contributed by atoms with E-state index in [4.69, 9.17) is 5.73 Å². The van der Waals surface area contributed by atoms with Crippen LogP contribution in [0.2, 0.25) is 0 Å². The van der Waals surface area contributed by atoms with E-state index in [1.807, 2.05) is 38.4 Å². The second-order valence-electron chi connectivity index (χ2n) is 4.24. The number of hydrogen-bond acceptors (Lipinski definition) is 4. The fourth-order valence-corrected chi connectivity index (χ4v) is 1.69. The van der Waals surface area contributed by atoms with Crippen LogP contribution in [0.25, 0.3) is 10.9 Å². The minimum Gasteiger partial charge on any atom is -0.378 e. The summed E-state index contributed by atoms with van der Waals surface area (Å²) in [5.41, 5.74) is 10.6. The van der Waals surface area contributed by atoms with Crippen LogP contribution in [-0.2, 0) is 0 Å². The maximum absolute atomic E-state index is 5.27. The Hall–Kier alpha value is -2.21. The molecular weight excluding hydrogens is 258 g/mol. The van der Waals surface area contributed by atoms with Crippen LogP contribution in [0.5, 0.6) is 0 Å². The highest BCUT2D eigenvalue weighted by molar-refractivity contribution is 7.80. The summed E-state index contributed by atoms with van der Waals surface area (Å²) in [6, 6.07) is 10.0. The lowest BCUT2D eigenvalue weighted by Gasteiger charge is -2.12. The Balaban J connectivity index is 2.29. The molecule has 98 valence electrons. The molecular formula is C13H15N5S. The van der Waals surface area contributed by atoms with Crippen LogP contribution in [0.15, 0.2) is 35.4 Å². The standard InChI is InChI=1S/C13H15N5S/c1-18(2)11-5-6-12-9(7-11)3-4-10(16-12)8-15-17-13(14)19/h3-8H,1-2H3,(H3,14,17,19). The molecule has 0 saturated heterocycles. The number of nitrogens with two attached hydrogens (primary N) is 1. The molecule has 2 aromatic rings. The van der Waals surface area contributed by atoms with Crippen molar-refractivity contribution in [2.45, 2.75) is 0 Å². The number of hydrazone groups is 1. The number of thiocarbonyl (C=S) groups is 1. The van der Waals surface area contributed by atoms with Crippen molar-refractivity contribution in [1.29, 1.82) is 0 Å². The second kappa shape index (κ2) is 5.62. The molecule has 0 fully saturated rings. The predicted octanol–water partition coefficient (Wildman–Crippen LogP) is 1.47. The van der Waals surface area contributed by atoms with Crippen LogP contribution >= 0.6 is 12.2 Å². The van der Waals surface area contributed by atoms with Crippen LogP contribution < -0.4 is 16.1 Å². The zero-order valence-electron chi connectivity index (χ0n) is 10.8. The highest BCUT2D eigenvalue weighted by atomic mass is 32.1. The normalized spacial score (nSPS) is 10.8. The molecule has 0 aliphatic carbocycles. The van der Waals surface area contributed by atoms with E-state index in [1.165, 1.54) is 0 Å². The largest absolute Gasteiger partial charge is 0.378 e. The Labute approximate surface area is 117 Å². The van der Waals surface area contributed by atoms with Gasteiger partial charge in [-0.15, -0.1) is 0 Å². The van der Waals surface area contributed by atoms with Crippen molar-refractivity contribution in [1.82, 2.24) is 10.4 Å².